The first-order valence-corrected chi connectivity index (χ1v) is 5.20. The van der Waals surface area contributed by atoms with Gasteiger partial charge in [0.2, 0.25) is 0 Å². The lowest BCUT2D eigenvalue weighted by molar-refractivity contribution is 0.101. The van der Waals surface area contributed by atoms with Gasteiger partial charge in [-0.2, -0.15) is 5.10 Å². The Bertz CT molecular complexity index is 534. The number of rotatable bonds is 3. The van der Waals surface area contributed by atoms with Gasteiger partial charge >= 0.3 is 0 Å². The summed E-state index contributed by atoms with van der Waals surface area (Å²) in [5, 5.41) is 15.7. The average Bonchev–Trinajstić information content (AvgIpc) is 2.76. The van der Waals surface area contributed by atoms with Crippen LogP contribution in [0.4, 0.5) is 5.69 Å². The molecule has 5 heteroatoms. The second kappa shape index (κ2) is 4.80. The summed E-state index contributed by atoms with van der Waals surface area (Å²) in [6.45, 7) is -0.0462. The summed E-state index contributed by atoms with van der Waals surface area (Å²) < 4.78 is 1.51. The predicted octanol–water partition coefficient (Wildman–Crippen LogP) is 1.16. The highest BCUT2D eigenvalue weighted by Crippen LogP contribution is 2.12. The van der Waals surface area contributed by atoms with Gasteiger partial charge in [0.05, 0.1) is 6.61 Å². The van der Waals surface area contributed by atoms with Gasteiger partial charge in [0.1, 0.15) is 5.69 Å². The summed E-state index contributed by atoms with van der Waals surface area (Å²) in [6, 6.07) is 8.72. The molecule has 0 atom stereocenters. The number of carbonyl (C=O) groups excluding carboxylic acids is 1. The third-order valence-corrected chi connectivity index (χ3v) is 2.42. The van der Waals surface area contributed by atoms with E-state index in [1.165, 1.54) is 4.68 Å². The maximum Gasteiger partial charge on any atom is 0.273 e. The maximum absolute atomic E-state index is 11.9. The van der Waals surface area contributed by atoms with Gasteiger partial charge in [-0.05, 0) is 23.8 Å². The topological polar surface area (TPSA) is 67.2 Å². The van der Waals surface area contributed by atoms with Crippen molar-refractivity contribution < 1.29 is 9.90 Å². The first-order valence-electron chi connectivity index (χ1n) is 5.20. The Morgan fingerprint density at radius 3 is 2.94 bits per heavy atom. The molecule has 1 amide bonds. The molecule has 0 aliphatic rings. The van der Waals surface area contributed by atoms with Gasteiger partial charge in [-0.25, -0.2) is 0 Å². The SMILES string of the molecule is Cn1nccc1C(=O)Nc1cccc(CO)c1. The van der Waals surface area contributed by atoms with E-state index in [4.69, 9.17) is 5.11 Å². The quantitative estimate of drug-likeness (QED) is 0.833. The zero-order valence-electron chi connectivity index (χ0n) is 9.42. The zero-order valence-corrected chi connectivity index (χ0v) is 9.42. The Morgan fingerprint density at radius 2 is 2.29 bits per heavy atom. The number of anilines is 1. The first kappa shape index (κ1) is 11.3. The molecule has 2 aromatic rings. The molecule has 0 fully saturated rings. The van der Waals surface area contributed by atoms with Crippen LogP contribution in [0.2, 0.25) is 0 Å². The van der Waals surface area contributed by atoms with E-state index in [1.54, 1.807) is 43.6 Å². The van der Waals surface area contributed by atoms with Crippen LogP contribution < -0.4 is 5.32 Å². The molecule has 0 aliphatic heterocycles. The number of aliphatic hydroxyl groups excluding tert-OH is 1. The van der Waals surface area contributed by atoms with Crippen LogP contribution in [0.3, 0.4) is 0 Å². The Labute approximate surface area is 98.7 Å². The van der Waals surface area contributed by atoms with Gasteiger partial charge in [0, 0.05) is 18.9 Å². The second-order valence-electron chi connectivity index (χ2n) is 3.65. The number of aliphatic hydroxyl groups is 1. The van der Waals surface area contributed by atoms with Gasteiger partial charge < -0.3 is 10.4 Å². The van der Waals surface area contributed by atoms with Gasteiger partial charge in [0.25, 0.3) is 5.91 Å². The molecule has 2 rings (SSSR count). The monoisotopic (exact) mass is 231 g/mol. The normalized spacial score (nSPS) is 10.2. The minimum absolute atomic E-state index is 0.0462. The minimum atomic E-state index is -0.222. The Kier molecular flexibility index (Phi) is 3.20. The summed E-state index contributed by atoms with van der Waals surface area (Å²) in [5.41, 5.74) is 1.90. The molecule has 5 nitrogen and oxygen atoms in total. The number of nitrogens with zero attached hydrogens (tertiary/aromatic N) is 2. The molecule has 0 bridgehead atoms. The number of benzene rings is 1. The van der Waals surface area contributed by atoms with E-state index >= 15 is 0 Å². The molecule has 2 N–H and O–H groups in total. The van der Waals surface area contributed by atoms with E-state index in [0.29, 0.717) is 11.4 Å². The smallest absolute Gasteiger partial charge is 0.273 e. The van der Waals surface area contributed by atoms with Crippen LogP contribution in [0.25, 0.3) is 0 Å². The molecule has 17 heavy (non-hydrogen) atoms. The standard InChI is InChI=1S/C12H13N3O2/c1-15-11(5-6-13-15)12(17)14-10-4-2-3-9(7-10)8-16/h2-7,16H,8H2,1H3,(H,14,17). The molecule has 0 radical (unpaired) electrons. The molecule has 1 aromatic carbocycles. The van der Waals surface area contributed by atoms with E-state index in [-0.39, 0.29) is 12.5 Å². The van der Waals surface area contributed by atoms with Crippen LogP contribution in [-0.4, -0.2) is 20.8 Å². The van der Waals surface area contributed by atoms with Gasteiger partial charge in [-0.1, -0.05) is 12.1 Å². The summed E-state index contributed by atoms with van der Waals surface area (Å²) in [6.07, 6.45) is 1.57. The molecule has 0 aliphatic carbocycles. The number of hydrogen-bond donors (Lipinski definition) is 2. The lowest BCUT2D eigenvalue weighted by Gasteiger charge is -2.06. The van der Waals surface area contributed by atoms with Crippen molar-refractivity contribution in [2.24, 2.45) is 7.05 Å². The van der Waals surface area contributed by atoms with Gasteiger partial charge in [0.15, 0.2) is 0 Å². The molecule has 0 spiro atoms. The van der Waals surface area contributed by atoms with Crippen molar-refractivity contribution >= 4 is 11.6 Å². The average molecular weight is 231 g/mol. The van der Waals surface area contributed by atoms with Gasteiger partial charge in [-0.15, -0.1) is 0 Å². The lowest BCUT2D eigenvalue weighted by atomic mass is 10.2. The fourth-order valence-electron chi connectivity index (χ4n) is 1.54. The van der Waals surface area contributed by atoms with E-state index < -0.39 is 0 Å². The Balaban J connectivity index is 2.16. The van der Waals surface area contributed by atoms with E-state index in [2.05, 4.69) is 10.4 Å². The number of hydrogen-bond acceptors (Lipinski definition) is 3. The van der Waals surface area contributed by atoms with Crippen molar-refractivity contribution in [2.45, 2.75) is 6.61 Å². The van der Waals surface area contributed by atoms with Crippen LogP contribution in [0.5, 0.6) is 0 Å². The molecule has 1 heterocycles. The van der Waals surface area contributed by atoms with Crippen molar-refractivity contribution in [3.05, 3.63) is 47.8 Å². The number of aromatic nitrogens is 2. The van der Waals surface area contributed by atoms with Gasteiger partial charge in [-0.3, -0.25) is 9.48 Å². The summed E-state index contributed by atoms with van der Waals surface area (Å²) in [7, 11) is 1.71. The van der Waals surface area contributed by atoms with Crippen LogP contribution in [0.15, 0.2) is 36.5 Å². The predicted molar refractivity (Wildman–Crippen MR) is 63.5 cm³/mol. The van der Waals surface area contributed by atoms with E-state index in [9.17, 15) is 4.79 Å². The van der Waals surface area contributed by atoms with E-state index in [1.807, 2.05) is 0 Å². The van der Waals surface area contributed by atoms with E-state index in [0.717, 1.165) is 5.56 Å². The number of amides is 1. The maximum atomic E-state index is 11.9. The zero-order chi connectivity index (χ0) is 12.3. The molecular formula is C12H13N3O2. The fourth-order valence-corrected chi connectivity index (χ4v) is 1.54. The van der Waals surface area contributed by atoms with Crippen LogP contribution in [0.1, 0.15) is 16.1 Å². The highest BCUT2D eigenvalue weighted by atomic mass is 16.3. The van der Waals surface area contributed by atoms with Crippen LogP contribution >= 0.6 is 0 Å². The van der Waals surface area contributed by atoms with Crippen molar-refractivity contribution in [3.63, 3.8) is 0 Å². The summed E-state index contributed by atoms with van der Waals surface area (Å²) in [5.74, 6) is -0.222. The lowest BCUT2D eigenvalue weighted by Crippen LogP contribution is -2.16. The third-order valence-electron chi connectivity index (χ3n) is 2.42. The van der Waals surface area contributed by atoms with Crippen molar-refractivity contribution in [1.82, 2.24) is 9.78 Å². The van der Waals surface area contributed by atoms with Crippen molar-refractivity contribution in [3.8, 4) is 0 Å². The van der Waals surface area contributed by atoms with Crippen molar-refractivity contribution in [1.29, 1.82) is 0 Å². The molecule has 88 valence electrons. The number of nitrogens with one attached hydrogen (secondary N) is 1. The third kappa shape index (κ3) is 2.51. The molecule has 0 saturated carbocycles. The highest BCUT2D eigenvalue weighted by molar-refractivity contribution is 6.03. The first-order chi connectivity index (χ1) is 8.20. The summed E-state index contributed by atoms with van der Waals surface area (Å²) >= 11 is 0. The molecule has 1 aromatic heterocycles. The molecule has 0 saturated heterocycles. The second-order valence-corrected chi connectivity index (χ2v) is 3.65. The van der Waals surface area contributed by atoms with Crippen molar-refractivity contribution in [2.75, 3.05) is 5.32 Å². The molecule has 0 unspecified atom stereocenters. The Morgan fingerprint density at radius 1 is 1.47 bits per heavy atom. The minimum Gasteiger partial charge on any atom is -0.392 e. The number of aryl methyl sites for hydroxylation is 1. The fraction of sp³-hybridized carbons (Fsp3) is 0.167. The highest BCUT2D eigenvalue weighted by Gasteiger charge is 2.09. The van der Waals surface area contributed by atoms with Crippen LogP contribution in [-0.2, 0) is 13.7 Å². The number of carbonyl (C=O) groups is 1. The molecular weight excluding hydrogens is 218 g/mol. The largest absolute Gasteiger partial charge is 0.392 e. The summed E-state index contributed by atoms with van der Waals surface area (Å²) in [4.78, 5) is 11.9. The Hall–Kier alpha value is -2.14. The van der Waals surface area contributed by atoms with Crippen LogP contribution in [0, 0.1) is 0 Å².